The lowest BCUT2D eigenvalue weighted by molar-refractivity contribution is -0.134. The van der Waals surface area contributed by atoms with Crippen LogP contribution < -0.4 is 5.73 Å². The molecule has 0 aromatic heterocycles. The van der Waals surface area contributed by atoms with Crippen LogP contribution in [-0.2, 0) is 9.53 Å². The highest BCUT2D eigenvalue weighted by molar-refractivity contribution is 5.82. The standard InChI is InChI=1S/C15H21FN2O2/c1-10-7-14(11-5-3-4-6-12(11)16)18(8-10)15(19)13(17)9-20-2/h3-6,10,13-14H,7-9,17H2,1-2H3. The lowest BCUT2D eigenvalue weighted by Crippen LogP contribution is -2.46. The number of rotatable bonds is 4. The summed E-state index contributed by atoms with van der Waals surface area (Å²) in [7, 11) is 1.51. The molecule has 1 amide bonds. The maximum Gasteiger partial charge on any atom is 0.242 e. The van der Waals surface area contributed by atoms with Gasteiger partial charge in [-0.2, -0.15) is 0 Å². The lowest BCUT2D eigenvalue weighted by atomic mass is 10.0. The summed E-state index contributed by atoms with van der Waals surface area (Å²) < 4.78 is 18.9. The molecule has 4 nitrogen and oxygen atoms in total. The van der Waals surface area contributed by atoms with E-state index in [1.807, 2.05) is 0 Å². The molecule has 0 aliphatic carbocycles. The zero-order valence-electron chi connectivity index (χ0n) is 11.9. The van der Waals surface area contributed by atoms with Gasteiger partial charge in [-0.1, -0.05) is 25.1 Å². The van der Waals surface area contributed by atoms with Gasteiger partial charge in [0.05, 0.1) is 12.6 Å². The molecule has 0 spiro atoms. The molecule has 3 atom stereocenters. The van der Waals surface area contributed by atoms with Crippen molar-refractivity contribution in [3.8, 4) is 0 Å². The van der Waals surface area contributed by atoms with Crippen molar-refractivity contribution < 1.29 is 13.9 Å². The summed E-state index contributed by atoms with van der Waals surface area (Å²) in [5, 5.41) is 0. The molecule has 3 unspecified atom stereocenters. The van der Waals surface area contributed by atoms with E-state index < -0.39 is 6.04 Å². The average Bonchev–Trinajstić information content (AvgIpc) is 2.80. The van der Waals surface area contributed by atoms with E-state index >= 15 is 0 Å². The van der Waals surface area contributed by atoms with Gasteiger partial charge in [0.25, 0.3) is 0 Å². The number of halogens is 1. The van der Waals surface area contributed by atoms with Gasteiger partial charge in [-0.05, 0) is 18.4 Å². The van der Waals surface area contributed by atoms with Crippen LogP contribution in [0.2, 0.25) is 0 Å². The van der Waals surface area contributed by atoms with Crippen LogP contribution in [0.25, 0.3) is 0 Å². The van der Waals surface area contributed by atoms with Gasteiger partial charge in [-0.25, -0.2) is 4.39 Å². The number of likely N-dealkylation sites (tertiary alicyclic amines) is 1. The molecule has 0 saturated carbocycles. The average molecular weight is 280 g/mol. The first-order valence-corrected chi connectivity index (χ1v) is 6.84. The third-order valence-electron chi connectivity index (χ3n) is 3.72. The second-order valence-corrected chi connectivity index (χ2v) is 5.43. The van der Waals surface area contributed by atoms with E-state index in [1.165, 1.54) is 13.2 Å². The molecule has 1 aliphatic heterocycles. The van der Waals surface area contributed by atoms with Crippen molar-refractivity contribution in [3.63, 3.8) is 0 Å². The number of carbonyl (C=O) groups excluding carboxylic acids is 1. The third kappa shape index (κ3) is 2.99. The molecule has 0 radical (unpaired) electrons. The van der Waals surface area contributed by atoms with Gasteiger partial charge in [0.1, 0.15) is 11.9 Å². The Hall–Kier alpha value is -1.46. The molecular weight excluding hydrogens is 259 g/mol. The van der Waals surface area contributed by atoms with Crippen LogP contribution in [0.1, 0.15) is 24.9 Å². The summed E-state index contributed by atoms with van der Waals surface area (Å²) >= 11 is 0. The summed E-state index contributed by atoms with van der Waals surface area (Å²) in [6.07, 6.45) is 0.756. The number of nitrogens with zero attached hydrogens (tertiary/aromatic N) is 1. The maximum absolute atomic E-state index is 14.0. The molecule has 2 rings (SSSR count). The molecule has 1 aromatic rings. The first-order chi connectivity index (χ1) is 9.54. The van der Waals surface area contributed by atoms with Gasteiger partial charge in [-0.15, -0.1) is 0 Å². The van der Waals surface area contributed by atoms with Crippen LogP contribution in [0.3, 0.4) is 0 Å². The summed E-state index contributed by atoms with van der Waals surface area (Å²) in [5.74, 6) is -0.118. The minimum atomic E-state index is -0.695. The topological polar surface area (TPSA) is 55.6 Å². The van der Waals surface area contributed by atoms with Crippen LogP contribution in [0.4, 0.5) is 4.39 Å². The second kappa shape index (κ2) is 6.33. The van der Waals surface area contributed by atoms with Gasteiger partial charge in [0.15, 0.2) is 0 Å². The van der Waals surface area contributed by atoms with Crippen molar-refractivity contribution in [1.29, 1.82) is 0 Å². The Bertz CT molecular complexity index is 481. The fourth-order valence-electron chi connectivity index (χ4n) is 2.79. The van der Waals surface area contributed by atoms with E-state index in [2.05, 4.69) is 6.92 Å². The molecule has 1 aliphatic rings. The van der Waals surface area contributed by atoms with Crippen LogP contribution in [0, 0.1) is 11.7 Å². The van der Waals surface area contributed by atoms with Crippen molar-refractivity contribution in [1.82, 2.24) is 4.90 Å². The maximum atomic E-state index is 14.0. The summed E-state index contributed by atoms with van der Waals surface area (Å²) in [4.78, 5) is 14.1. The highest BCUT2D eigenvalue weighted by Crippen LogP contribution is 2.36. The molecule has 1 saturated heterocycles. The predicted octanol–water partition coefficient (Wildman–Crippen LogP) is 1.71. The lowest BCUT2D eigenvalue weighted by Gasteiger charge is -2.27. The fraction of sp³-hybridized carbons (Fsp3) is 0.533. The van der Waals surface area contributed by atoms with Crippen LogP contribution in [0.5, 0.6) is 0 Å². The summed E-state index contributed by atoms with van der Waals surface area (Å²) in [5.41, 5.74) is 6.39. The summed E-state index contributed by atoms with van der Waals surface area (Å²) in [6, 6.07) is 5.68. The molecule has 0 bridgehead atoms. The van der Waals surface area contributed by atoms with Crippen LogP contribution in [0.15, 0.2) is 24.3 Å². The largest absolute Gasteiger partial charge is 0.383 e. The number of nitrogens with two attached hydrogens (primary N) is 1. The number of hydrogen-bond acceptors (Lipinski definition) is 3. The van der Waals surface area contributed by atoms with Crippen molar-refractivity contribution in [2.75, 3.05) is 20.3 Å². The molecule has 1 aromatic carbocycles. The number of methoxy groups -OCH3 is 1. The van der Waals surface area contributed by atoms with E-state index in [9.17, 15) is 9.18 Å². The molecule has 110 valence electrons. The molecule has 1 fully saturated rings. The minimum Gasteiger partial charge on any atom is -0.383 e. The quantitative estimate of drug-likeness (QED) is 0.913. The highest BCUT2D eigenvalue weighted by atomic mass is 19.1. The monoisotopic (exact) mass is 280 g/mol. The number of amides is 1. The first-order valence-electron chi connectivity index (χ1n) is 6.84. The normalized spacial score (nSPS) is 23.9. The summed E-state index contributed by atoms with van der Waals surface area (Å²) in [6.45, 7) is 2.84. The second-order valence-electron chi connectivity index (χ2n) is 5.43. The van der Waals surface area contributed by atoms with Gasteiger partial charge < -0.3 is 15.4 Å². The van der Waals surface area contributed by atoms with Crippen LogP contribution in [-0.4, -0.2) is 37.1 Å². The number of benzene rings is 1. The van der Waals surface area contributed by atoms with Crippen molar-refractivity contribution >= 4 is 5.91 Å². The van der Waals surface area contributed by atoms with E-state index in [0.717, 1.165) is 6.42 Å². The van der Waals surface area contributed by atoms with E-state index in [1.54, 1.807) is 23.1 Å². The Labute approximate surface area is 118 Å². The zero-order chi connectivity index (χ0) is 14.7. The Morgan fingerprint density at radius 2 is 2.25 bits per heavy atom. The first kappa shape index (κ1) is 14.9. The SMILES string of the molecule is COCC(N)C(=O)N1CC(C)CC1c1ccccc1F. The van der Waals surface area contributed by atoms with Gasteiger partial charge >= 0.3 is 0 Å². The smallest absolute Gasteiger partial charge is 0.242 e. The van der Waals surface area contributed by atoms with E-state index in [4.69, 9.17) is 10.5 Å². The Kier molecular flexibility index (Phi) is 4.73. The number of carbonyl (C=O) groups is 1. The zero-order valence-corrected chi connectivity index (χ0v) is 11.9. The van der Waals surface area contributed by atoms with Crippen molar-refractivity contribution in [2.45, 2.75) is 25.4 Å². The highest BCUT2D eigenvalue weighted by Gasteiger charge is 2.37. The predicted molar refractivity (Wildman–Crippen MR) is 74.5 cm³/mol. The fourth-order valence-corrected chi connectivity index (χ4v) is 2.79. The molecular formula is C15H21FN2O2. The number of ether oxygens (including phenoxy) is 1. The van der Waals surface area contributed by atoms with Crippen molar-refractivity contribution in [3.05, 3.63) is 35.6 Å². The Morgan fingerprint density at radius 1 is 1.55 bits per heavy atom. The molecule has 5 heteroatoms. The molecule has 20 heavy (non-hydrogen) atoms. The Morgan fingerprint density at radius 3 is 2.90 bits per heavy atom. The third-order valence-corrected chi connectivity index (χ3v) is 3.72. The number of hydrogen-bond donors (Lipinski definition) is 1. The molecule has 2 N–H and O–H groups in total. The molecule has 1 heterocycles. The van der Waals surface area contributed by atoms with Crippen LogP contribution >= 0.6 is 0 Å². The van der Waals surface area contributed by atoms with Gasteiger partial charge in [-0.3, -0.25) is 4.79 Å². The van der Waals surface area contributed by atoms with E-state index in [-0.39, 0.29) is 24.4 Å². The van der Waals surface area contributed by atoms with Crippen molar-refractivity contribution in [2.24, 2.45) is 11.7 Å². The minimum absolute atomic E-state index is 0.174. The Balaban J connectivity index is 2.23. The van der Waals surface area contributed by atoms with Gasteiger partial charge in [0.2, 0.25) is 5.91 Å². The van der Waals surface area contributed by atoms with E-state index in [0.29, 0.717) is 18.0 Å². The van der Waals surface area contributed by atoms with Gasteiger partial charge in [0, 0.05) is 19.2 Å².